The zero-order valence-corrected chi connectivity index (χ0v) is 8.16. The first-order chi connectivity index (χ1) is 6.34. The third-order valence-electron chi connectivity index (χ3n) is 2.69. The molecule has 0 unspecified atom stereocenters. The molecule has 1 aromatic rings. The van der Waals surface area contributed by atoms with E-state index in [1.54, 1.807) is 6.33 Å². The molecule has 1 atom stereocenters. The number of aromatic amines is 1. The van der Waals surface area contributed by atoms with E-state index in [4.69, 9.17) is 0 Å². The van der Waals surface area contributed by atoms with E-state index in [0.717, 1.165) is 12.5 Å². The van der Waals surface area contributed by atoms with Crippen molar-refractivity contribution >= 4 is 0 Å². The summed E-state index contributed by atoms with van der Waals surface area (Å²) in [6.45, 7) is 5.84. The van der Waals surface area contributed by atoms with Crippen LogP contribution in [0.15, 0.2) is 12.5 Å². The summed E-state index contributed by atoms with van der Waals surface area (Å²) < 4.78 is 0. The number of aromatic nitrogens is 2. The van der Waals surface area contributed by atoms with E-state index in [-0.39, 0.29) is 0 Å². The fraction of sp³-hybridized carbons (Fsp3) is 0.700. The van der Waals surface area contributed by atoms with E-state index in [0.29, 0.717) is 0 Å². The van der Waals surface area contributed by atoms with Crippen LogP contribution in [0.4, 0.5) is 0 Å². The van der Waals surface area contributed by atoms with Crippen molar-refractivity contribution in [3.05, 3.63) is 18.2 Å². The Morgan fingerprint density at radius 3 is 3.31 bits per heavy atom. The first-order valence-electron chi connectivity index (χ1n) is 5.04. The highest BCUT2D eigenvalue weighted by molar-refractivity contribution is 4.94. The quantitative estimate of drug-likeness (QED) is 0.748. The van der Waals surface area contributed by atoms with Gasteiger partial charge in [-0.1, -0.05) is 6.92 Å². The maximum atomic E-state index is 4.02. The summed E-state index contributed by atoms with van der Waals surface area (Å²) in [4.78, 5) is 9.67. The monoisotopic (exact) mass is 179 g/mol. The van der Waals surface area contributed by atoms with Crippen molar-refractivity contribution in [1.29, 1.82) is 0 Å². The molecule has 0 aromatic carbocycles. The maximum absolute atomic E-state index is 4.02. The molecule has 0 spiro atoms. The van der Waals surface area contributed by atoms with Gasteiger partial charge in [0.1, 0.15) is 0 Å². The van der Waals surface area contributed by atoms with Crippen LogP contribution in [0.25, 0.3) is 0 Å². The molecule has 1 aromatic heterocycles. The van der Waals surface area contributed by atoms with Crippen molar-refractivity contribution in [2.75, 3.05) is 13.1 Å². The molecule has 1 saturated heterocycles. The van der Waals surface area contributed by atoms with Gasteiger partial charge in [0, 0.05) is 25.0 Å². The van der Waals surface area contributed by atoms with E-state index in [9.17, 15) is 0 Å². The van der Waals surface area contributed by atoms with Crippen LogP contribution in [-0.4, -0.2) is 28.0 Å². The van der Waals surface area contributed by atoms with E-state index >= 15 is 0 Å². The van der Waals surface area contributed by atoms with E-state index in [2.05, 4.69) is 21.8 Å². The van der Waals surface area contributed by atoms with Gasteiger partial charge in [0.05, 0.1) is 6.33 Å². The van der Waals surface area contributed by atoms with Crippen molar-refractivity contribution in [3.8, 4) is 0 Å². The third-order valence-corrected chi connectivity index (χ3v) is 2.69. The Labute approximate surface area is 79.2 Å². The van der Waals surface area contributed by atoms with Gasteiger partial charge in [0.15, 0.2) is 0 Å². The molecular weight excluding hydrogens is 162 g/mol. The third kappa shape index (κ3) is 2.31. The van der Waals surface area contributed by atoms with Gasteiger partial charge in [-0.3, -0.25) is 4.90 Å². The molecule has 3 heteroatoms. The summed E-state index contributed by atoms with van der Waals surface area (Å²) in [7, 11) is 0. The average Bonchev–Trinajstić information content (AvgIpc) is 2.57. The van der Waals surface area contributed by atoms with Gasteiger partial charge in [-0.05, 0) is 25.3 Å². The Bertz CT molecular complexity index is 243. The lowest BCUT2D eigenvalue weighted by atomic mass is 10.0. The van der Waals surface area contributed by atoms with E-state index < -0.39 is 0 Å². The molecule has 0 saturated carbocycles. The van der Waals surface area contributed by atoms with Crippen LogP contribution in [0.1, 0.15) is 25.5 Å². The number of hydrogen-bond donors (Lipinski definition) is 1. The van der Waals surface area contributed by atoms with Crippen molar-refractivity contribution < 1.29 is 0 Å². The minimum atomic E-state index is 0.858. The number of H-pyrrole nitrogens is 1. The van der Waals surface area contributed by atoms with Crippen LogP contribution < -0.4 is 0 Å². The lowest BCUT2D eigenvalue weighted by Gasteiger charge is -2.30. The Balaban J connectivity index is 1.87. The molecule has 1 aliphatic heterocycles. The summed E-state index contributed by atoms with van der Waals surface area (Å²) in [6, 6.07) is 0. The summed E-state index contributed by atoms with van der Waals surface area (Å²) in [5.74, 6) is 0.858. The molecule has 0 amide bonds. The average molecular weight is 179 g/mol. The molecule has 1 aliphatic rings. The van der Waals surface area contributed by atoms with Gasteiger partial charge < -0.3 is 4.98 Å². The Morgan fingerprint density at radius 1 is 1.69 bits per heavy atom. The highest BCUT2D eigenvalue weighted by Crippen LogP contribution is 2.16. The molecular formula is C10H17N3. The molecule has 2 heterocycles. The zero-order valence-electron chi connectivity index (χ0n) is 8.16. The summed E-state index contributed by atoms with van der Waals surface area (Å²) >= 11 is 0. The molecule has 2 rings (SSSR count). The molecule has 0 bridgehead atoms. The van der Waals surface area contributed by atoms with Crippen molar-refractivity contribution in [2.45, 2.75) is 26.3 Å². The molecule has 13 heavy (non-hydrogen) atoms. The topological polar surface area (TPSA) is 31.9 Å². The molecule has 0 aliphatic carbocycles. The molecule has 0 radical (unpaired) electrons. The number of imidazole rings is 1. The first kappa shape index (κ1) is 8.75. The Hall–Kier alpha value is -0.830. The van der Waals surface area contributed by atoms with Crippen LogP contribution in [0.2, 0.25) is 0 Å². The molecule has 72 valence electrons. The van der Waals surface area contributed by atoms with Crippen LogP contribution in [0.5, 0.6) is 0 Å². The van der Waals surface area contributed by atoms with Gasteiger partial charge in [0.25, 0.3) is 0 Å². The van der Waals surface area contributed by atoms with Crippen LogP contribution in [0.3, 0.4) is 0 Å². The number of rotatable bonds is 2. The first-order valence-corrected chi connectivity index (χ1v) is 5.04. The number of nitrogens with one attached hydrogen (secondary N) is 1. The SMILES string of the molecule is C[C@H]1CCCN(Cc2cnc[nH]2)C1. The minimum absolute atomic E-state index is 0.858. The van der Waals surface area contributed by atoms with E-state index in [1.165, 1.54) is 31.6 Å². The number of piperidine rings is 1. The van der Waals surface area contributed by atoms with Gasteiger partial charge in [-0.25, -0.2) is 4.98 Å². The molecule has 1 N–H and O–H groups in total. The second kappa shape index (κ2) is 3.92. The normalized spacial score (nSPS) is 24.8. The van der Waals surface area contributed by atoms with Crippen LogP contribution in [0, 0.1) is 5.92 Å². The summed E-state index contributed by atoms with van der Waals surface area (Å²) in [5, 5.41) is 0. The number of nitrogens with zero attached hydrogens (tertiary/aromatic N) is 2. The standard InChI is InChI=1S/C10H17N3/c1-9-3-2-4-13(6-9)7-10-5-11-8-12-10/h5,8-9H,2-4,6-7H2,1H3,(H,11,12)/t9-/m0/s1. The fourth-order valence-corrected chi connectivity index (χ4v) is 2.04. The largest absolute Gasteiger partial charge is 0.347 e. The van der Waals surface area contributed by atoms with Gasteiger partial charge in [0.2, 0.25) is 0 Å². The second-order valence-electron chi connectivity index (χ2n) is 4.06. The minimum Gasteiger partial charge on any atom is -0.347 e. The van der Waals surface area contributed by atoms with Gasteiger partial charge >= 0.3 is 0 Å². The van der Waals surface area contributed by atoms with Crippen LogP contribution in [-0.2, 0) is 6.54 Å². The van der Waals surface area contributed by atoms with E-state index in [1.807, 2.05) is 6.20 Å². The summed E-state index contributed by atoms with van der Waals surface area (Å²) in [6.07, 6.45) is 6.40. The number of hydrogen-bond acceptors (Lipinski definition) is 2. The van der Waals surface area contributed by atoms with Gasteiger partial charge in [-0.2, -0.15) is 0 Å². The molecule has 3 nitrogen and oxygen atoms in total. The highest BCUT2D eigenvalue weighted by atomic mass is 15.1. The van der Waals surface area contributed by atoms with Crippen LogP contribution >= 0.6 is 0 Å². The van der Waals surface area contributed by atoms with Crippen molar-refractivity contribution in [3.63, 3.8) is 0 Å². The molecule has 1 fully saturated rings. The zero-order chi connectivity index (χ0) is 9.10. The fourth-order valence-electron chi connectivity index (χ4n) is 2.04. The Morgan fingerprint density at radius 2 is 2.62 bits per heavy atom. The smallest absolute Gasteiger partial charge is 0.0922 e. The predicted octanol–water partition coefficient (Wildman–Crippen LogP) is 1.64. The van der Waals surface area contributed by atoms with Crippen molar-refractivity contribution in [2.24, 2.45) is 5.92 Å². The maximum Gasteiger partial charge on any atom is 0.0922 e. The predicted molar refractivity (Wildman–Crippen MR) is 52.3 cm³/mol. The lowest BCUT2D eigenvalue weighted by Crippen LogP contribution is -2.33. The van der Waals surface area contributed by atoms with Crippen molar-refractivity contribution in [1.82, 2.24) is 14.9 Å². The second-order valence-corrected chi connectivity index (χ2v) is 4.06. The summed E-state index contributed by atoms with van der Waals surface area (Å²) in [5.41, 5.74) is 1.23. The number of likely N-dealkylation sites (tertiary alicyclic amines) is 1. The Kier molecular flexibility index (Phi) is 2.64. The van der Waals surface area contributed by atoms with Gasteiger partial charge in [-0.15, -0.1) is 0 Å². The highest BCUT2D eigenvalue weighted by Gasteiger charge is 2.16. The lowest BCUT2D eigenvalue weighted by molar-refractivity contribution is 0.175.